The summed E-state index contributed by atoms with van der Waals surface area (Å²) in [6.07, 6.45) is 0.680. The van der Waals surface area contributed by atoms with Gasteiger partial charge in [0.1, 0.15) is 12.8 Å². The van der Waals surface area contributed by atoms with Gasteiger partial charge in [0.15, 0.2) is 11.2 Å². The van der Waals surface area contributed by atoms with Crippen LogP contribution in [0.5, 0.6) is 0 Å². The van der Waals surface area contributed by atoms with Gasteiger partial charge < -0.3 is 20.7 Å². The smallest absolute Gasteiger partial charge is 0.280 e. The predicted molar refractivity (Wildman–Crippen MR) is 61.6 cm³/mol. The maximum Gasteiger partial charge on any atom is 0.280 e. The van der Waals surface area contributed by atoms with E-state index >= 15 is 0 Å². The van der Waals surface area contributed by atoms with Crippen molar-refractivity contribution in [2.24, 2.45) is 0 Å². The van der Waals surface area contributed by atoms with Crippen LogP contribution in [0.25, 0.3) is 11.2 Å². The topological polar surface area (TPSA) is 139 Å². The van der Waals surface area contributed by atoms with Gasteiger partial charge in [-0.25, -0.2) is 4.98 Å². The summed E-state index contributed by atoms with van der Waals surface area (Å²) in [6, 6.07) is 0. The van der Waals surface area contributed by atoms with Crippen molar-refractivity contribution in [3.8, 4) is 0 Å². The molecule has 0 aliphatic rings. The molecule has 0 aliphatic heterocycles. The third kappa shape index (κ3) is 2.32. The average molecular weight is 258 g/mol. The second kappa shape index (κ2) is 5.12. The first kappa shape index (κ1) is 12.5. The first-order valence-corrected chi connectivity index (χ1v) is 5.19. The third-order valence-electron chi connectivity index (χ3n) is 2.35. The summed E-state index contributed by atoms with van der Waals surface area (Å²) in [7, 11) is 0. The minimum Gasteiger partial charge on any atom is -0.394 e. The molecule has 0 aromatic carbocycles. The van der Waals surface area contributed by atoms with E-state index in [1.807, 2.05) is 0 Å². The molecule has 0 bridgehead atoms. The number of hydrogen-bond donors (Lipinski definition) is 4. The third-order valence-corrected chi connectivity index (χ3v) is 2.35. The minimum absolute atomic E-state index is 0.00181. The van der Waals surface area contributed by atoms with E-state index in [-0.39, 0.29) is 37.1 Å². The highest BCUT2D eigenvalue weighted by Gasteiger charge is 2.11. The Morgan fingerprint density at radius 3 is 2.89 bits per heavy atom. The molecule has 0 unspecified atom stereocenters. The van der Waals surface area contributed by atoms with Gasteiger partial charge in [-0.3, -0.25) is 14.3 Å². The summed E-state index contributed by atoms with van der Waals surface area (Å²) in [6.45, 7) is -0.614. The second-order valence-electron chi connectivity index (χ2n) is 3.62. The fourth-order valence-corrected chi connectivity index (χ4v) is 1.41. The first-order chi connectivity index (χ1) is 8.65. The lowest BCUT2D eigenvalue weighted by molar-refractivity contribution is -0.0488. The van der Waals surface area contributed by atoms with Crippen LogP contribution in [0.4, 0.5) is 5.95 Å². The van der Waals surface area contributed by atoms with Crippen LogP contribution in [-0.2, 0) is 11.5 Å². The zero-order valence-corrected chi connectivity index (χ0v) is 9.41. The Bertz CT molecular complexity index is 588. The molecule has 2 aromatic rings. The number of nitrogens with one attached hydrogen (secondary N) is 1. The summed E-state index contributed by atoms with van der Waals surface area (Å²) in [5, 5.41) is 17.7. The van der Waals surface area contributed by atoms with Crippen LogP contribution in [0.1, 0.15) is 0 Å². The Hall–Kier alpha value is -1.97. The largest absolute Gasteiger partial charge is 0.394 e. The van der Waals surface area contributed by atoms with Gasteiger partial charge in [-0.2, -0.15) is 4.98 Å². The molecule has 2 heterocycles. The van der Waals surface area contributed by atoms with Crippen molar-refractivity contribution in [3.63, 3.8) is 0 Å². The van der Waals surface area contributed by atoms with Crippen molar-refractivity contribution in [1.29, 1.82) is 0 Å². The van der Waals surface area contributed by atoms with Gasteiger partial charge in [-0.15, -0.1) is 0 Å². The number of aliphatic hydroxyl groups excluding tert-OH is 2. The van der Waals surface area contributed by atoms with Crippen molar-refractivity contribution in [3.05, 3.63) is 16.7 Å². The van der Waals surface area contributed by atoms with Crippen LogP contribution in [0.15, 0.2) is 11.1 Å². The molecule has 2 aromatic heterocycles. The highest BCUT2D eigenvalue weighted by atomic mass is 16.5. The summed E-state index contributed by atoms with van der Waals surface area (Å²) in [5.41, 5.74) is 5.43. The lowest BCUT2D eigenvalue weighted by atomic mass is 10.4. The molecule has 0 spiro atoms. The van der Waals surface area contributed by atoms with Crippen LogP contribution in [0, 0.1) is 0 Å². The number of hydrogen-bond acceptors (Lipinski definition) is 7. The van der Waals surface area contributed by atoms with E-state index in [2.05, 4.69) is 15.0 Å². The van der Waals surface area contributed by atoms with Crippen LogP contribution < -0.4 is 11.3 Å². The van der Waals surface area contributed by atoms with E-state index < -0.39 is 11.7 Å². The molecule has 0 saturated heterocycles. The van der Waals surface area contributed by atoms with Gasteiger partial charge in [0.2, 0.25) is 5.95 Å². The average Bonchev–Trinajstić information content (AvgIpc) is 2.74. The highest BCUT2D eigenvalue weighted by molar-refractivity contribution is 5.70. The van der Waals surface area contributed by atoms with E-state index in [9.17, 15) is 4.79 Å². The lowest BCUT2D eigenvalue weighted by Crippen LogP contribution is -2.23. The number of nitrogen functional groups attached to an aromatic ring is 1. The minimum atomic E-state index is -0.693. The number of nitrogens with two attached hydrogens (primary N) is 1. The fourth-order valence-electron chi connectivity index (χ4n) is 1.41. The van der Waals surface area contributed by atoms with Gasteiger partial charge in [0.05, 0.1) is 19.5 Å². The lowest BCUT2D eigenvalue weighted by Gasteiger charge is -2.12. The molecule has 18 heavy (non-hydrogen) atoms. The molecular weight excluding hydrogens is 245 g/mol. The first-order valence-electron chi connectivity index (χ1n) is 5.19. The summed E-state index contributed by atoms with van der Waals surface area (Å²) < 4.78 is 6.66. The number of anilines is 1. The molecule has 0 radical (unpaired) electrons. The Morgan fingerprint density at radius 1 is 1.50 bits per heavy atom. The van der Waals surface area contributed by atoms with Crippen molar-refractivity contribution < 1.29 is 14.9 Å². The van der Waals surface area contributed by atoms with Crippen molar-refractivity contribution in [2.75, 3.05) is 18.9 Å². The Balaban J connectivity index is 2.27. The van der Waals surface area contributed by atoms with Crippen LogP contribution in [-0.4, -0.2) is 49.0 Å². The zero-order chi connectivity index (χ0) is 13.1. The van der Waals surface area contributed by atoms with Crippen LogP contribution in [0.2, 0.25) is 0 Å². The normalized spacial score (nSPS) is 11.5. The molecule has 0 amide bonds. The number of aromatic amines is 1. The number of ether oxygens (including phenoxy) is 1. The summed E-state index contributed by atoms with van der Waals surface area (Å²) in [5.74, 6) is -0.0184. The molecule has 0 aliphatic carbocycles. The molecule has 0 saturated carbocycles. The van der Waals surface area contributed by atoms with Gasteiger partial charge in [0, 0.05) is 0 Å². The Labute approximate surface area is 101 Å². The zero-order valence-electron chi connectivity index (χ0n) is 9.41. The predicted octanol–water partition coefficient (Wildman–Crippen LogP) is -1.97. The SMILES string of the molecule is Nc1nc2c([15n][13cH][15n]2COC(CO)CO)c(=O)[nH]1. The molecule has 98 valence electrons. The van der Waals surface area contributed by atoms with E-state index in [0.29, 0.717) is 0 Å². The van der Waals surface area contributed by atoms with Crippen LogP contribution >= 0.6 is 0 Å². The number of aliphatic hydroxyl groups is 2. The van der Waals surface area contributed by atoms with Crippen molar-refractivity contribution in [1.82, 2.24) is 19.5 Å². The molecule has 9 nitrogen and oxygen atoms in total. The quantitative estimate of drug-likeness (QED) is 0.487. The maximum absolute atomic E-state index is 11.5. The van der Waals surface area contributed by atoms with E-state index in [1.54, 1.807) is 0 Å². The number of nitrogens with zero attached hydrogens (tertiary/aromatic N) is 3. The molecule has 2 rings (SSSR count). The Kier molecular flexibility index (Phi) is 3.55. The fraction of sp³-hybridized carbons (Fsp3) is 0.444. The highest BCUT2D eigenvalue weighted by Crippen LogP contribution is 2.07. The molecule has 0 fully saturated rings. The molecular formula is C9H13N5O4. The van der Waals surface area contributed by atoms with Crippen LogP contribution in [0.3, 0.4) is 0 Å². The van der Waals surface area contributed by atoms with E-state index in [0.717, 1.165) is 0 Å². The summed E-state index contributed by atoms with van der Waals surface area (Å²) in [4.78, 5) is 21.6. The van der Waals surface area contributed by atoms with Gasteiger partial charge in [-0.1, -0.05) is 0 Å². The number of fused-ring (bicyclic) bond motifs is 1. The van der Waals surface area contributed by atoms with E-state index in [1.165, 1.54) is 10.9 Å². The van der Waals surface area contributed by atoms with Crippen molar-refractivity contribution >= 4 is 17.1 Å². The van der Waals surface area contributed by atoms with Crippen molar-refractivity contribution in [2.45, 2.75) is 12.8 Å². The number of imidazole rings is 1. The van der Waals surface area contributed by atoms with Gasteiger partial charge in [-0.05, 0) is 0 Å². The van der Waals surface area contributed by atoms with Gasteiger partial charge in [0.25, 0.3) is 5.56 Å². The van der Waals surface area contributed by atoms with Gasteiger partial charge >= 0.3 is 0 Å². The molecule has 0 atom stereocenters. The number of rotatable bonds is 5. The maximum atomic E-state index is 11.5. The number of aromatic nitrogens is 4. The monoisotopic (exact) mass is 258 g/mol. The standard InChI is InChI=1S/C9H13N5O4/c10-9-12-7-6(8(17)13-9)11-3-14(7)4-18-5(1-15)2-16/h3,5,15-16H,1-2,4H2,(H3,10,12,13,17)/i3+1,11+1,14+1. The van der Waals surface area contributed by atoms with E-state index in [4.69, 9.17) is 20.7 Å². The second-order valence-corrected chi connectivity index (χ2v) is 3.62. The molecule has 5 N–H and O–H groups in total. The summed E-state index contributed by atoms with van der Waals surface area (Å²) >= 11 is 0. The number of H-pyrrole nitrogens is 1. The Morgan fingerprint density at radius 2 is 2.22 bits per heavy atom. The molecule has 9 heteroatoms.